The maximum Gasteiger partial charge on any atom is 0.373 e. The van der Waals surface area contributed by atoms with Gasteiger partial charge in [-0.15, -0.1) is 0 Å². The van der Waals surface area contributed by atoms with Crippen LogP contribution in [-0.2, 0) is 52.3 Å². The van der Waals surface area contributed by atoms with Crippen LogP contribution in [0.1, 0.15) is 6.92 Å². The van der Waals surface area contributed by atoms with Gasteiger partial charge in [-0.05, 0) is 6.92 Å². The summed E-state index contributed by atoms with van der Waals surface area (Å²) in [6.45, 7) is 4.07. The number of hydrogen-bond acceptors (Lipinski definition) is 11. The number of nitrogens with zero attached hydrogens (tertiary/aromatic N) is 2. The Morgan fingerprint density at radius 1 is 0.682 bits per heavy atom. The fraction of sp³-hybridized carbons (Fsp3) is 0.667. The first kappa shape index (κ1) is 32.5. The largest absolute Gasteiger partial charge is 0.379 e. The van der Waals surface area contributed by atoms with Gasteiger partial charge >= 0.3 is 6.15 Å². The molecule has 6 rings (SSSR count). The number of rotatable bonds is 16. The first-order valence-corrected chi connectivity index (χ1v) is 16.3. The van der Waals surface area contributed by atoms with Crippen molar-refractivity contribution in [3.05, 3.63) is 24.3 Å². The van der Waals surface area contributed by atoms with Crippen LogP contribution in [0.15, 0.2) is 24.3 Å². The molecule has 4 amide bonds. The minimum atomic E-state index is -3.48. The van der Waals surface area contributed by atoms with Gasteiger partial charge in [-0.2, -0.15) is 9.59 Å². The highest BCUT2D eigenvalue weighted by Gasteiger charge is 2.61. The van der Waals surface area contributed by atoms with Crippen LogP contribution in [0.5, 0.6) is 0 Å². The minimum absolute atomic E-state index is 0.0462. The van der Waals surface area contributed by atoms with Gasteiger partial charge in [-0.1, -0.05) is 24.3 Å². The van der Waals surface area contributed by atoms with E-state index in [0.717, 1.165) is 0 Å². The van der Waals surface area contributed by atoms with E-state index in [1.54, 1.807) is 0 Å². The minimum Gasteiger partial charge on any atom is -0.379 e. The quantitative estimate of drug-likeness (QED) is 0.0742. The third-order valence-corrected chi connectivity index (χ3v) is 10.5. The highest BCUT2D eigenvalue weighted by Crippen LogP contribution is 2.46. The SMILES string of the molecule is CCOCCOCCNP(=O)(NCCN1C(=O)C2C3C=CC(O3)C2C1=O)NCCN1C(=O)C2C3C=CC(O3)C2C1=O.O=C=O. The molecule has 3 N–H and O–H groups in total. The van der Waals surface area contributed by atoms with Gasteiger partial charge in [0.15, 0.2) is 0 Å². The lowest BCUT2D eigenvalue weighted by atomic mass is 9.85. The molecule has 0 aromatic rings. The van der Waals surface area contributed by atoms with Crippen molar-refractivity contribution in [1.29, 1.82) is 0 Å². The summed E-state index contributed by atoms with van der Waals surface area (Å²) < 4.78 is 35.9. The first-order valence-electron chi connectivity index (χ1n) is 14.6. The van der Waals surface area contributed by atoms with Crippen molar-refractivity contribution < 1.29 is 52.3 Å². The fourth-order valence-electron chi connectivity index (χ4n) is 6.62. The molecule has 4 saturated heterocycles. The lowest BCUT2D eigenvalue weighted by molar-refractivity contribution is -0.191. The molecule has 6 aliphatic rings. The van der Waals surface area contributed by atoms with Crippen molar-refractivity contribution in [3.8, 4) is 0 Å². The standard InChI is InChI=1S/C26H36N5O9P.CO2/c1-2-37-13-14-38-12-9-29-41(36,27-7-10-30-23(32)19-15-3-4-16(39-15)20(19)24(30)33)28-8-11-31-25(34)21-17-5-6-18(40-17)22(21)26(31)35;2-1-3/h3-6,15-22H,2,7-14H2,1H3,(H3,27,28,29,36);. The number of fused-ring (bicyclic) bond motifs is 10. The number of nitrogens with one attached hydrogen (secondary N) is 3. The van der Waals surface area contributed by atoms with Gasteiger partial charge < -0.3 is 18.9 Å². The molecule has 8 unspecified atom stereocenters. The van der Waals surface area contributed by atoms with Crippen LogP contribution >= 0.6 is 7.59 Å². The van der Waals surface area contributed by atoms with E-state index in [2.05, 4.69) is 15.3 Å². The number of imide groups is 2. The van der Waals surface area contributed by atoms with Gasteiger partial charge in [-0.25, -0.2) is 15.3 Å². The van der Waals surface area contributed by atoms with E-state index in [0.29, 0.717) is 19.8 Å². The lowest BCUT2D eigenvalue weighted by Crippen LogP contribution is -2.43. The van der Waals surface area contributed by atoms with E-state index in [-0.39, 0.29) is 93.5 Å². The van der Waals surface area contributed by atoms with E-state index < -0.39 is 31.3 Å². The zero-order valence-electron chi connectivity index (χ0n) is 24.1. The normalized spacial score (nSPS) is 33.6. The average Bonchev–Trinajstić information content (AvgIpc) is 3.85. The van der Waals surface area contributed by atoms with Gasteiger partial charge in [0.05, 0.1) is 67.9 Å². The van der Waals surface area contributed by atoms with E-state index in [1.165, 1.54) is 9.80 Å². The zero-order chi connectivity index (χ0) is 31.4. The van der Waals surface area contributed by atoms with Crippen molar-refractivity contribution in [2.24, 2.45) is 23.7 Å². The van der Waals surface area contributed by atoms with Crippen LogP contribution in [-0.4, -0.2) is 123 Å². The number of amides is 4. The molecular formula is C27H36N5O11P. The second-order valence-electron chi connectivity index (χ2n) is 10.9. The van der Waals surface area contributed by atoms with E-state index in [9.17, 15) is 23.7 Å². The predicted octanol–water partition coefficient (Wildman–Crippen LogP) is -1.79. The fourth-order valence-corrected chi connectivity index (χ4v) is 8.19. The van der Waals surface area contributed by atoms with Crippen molar-refractivity contribution in [2.75, 3.05) is 59.2 Å². The summed E-state index contributed by atoms with van der Waals surface area (Å²) in [5, 5.41) is 8.81. The first-order chi connectivity index (χ1) is 21.2. The summed E-state index contributed by atoms with van der Waals surface area (Å²) in [7, 11) is -3.48. The van der Waals surface area contributed by atoms with Crippen molar-refractivity contribution >= 4 is 37.4 Å². The molecule has 17 heteroatoms. The molecule has 240 valence electrons. The third kappa shape index (κ3) is 6.27. The van der Waals surface area contributed by atoms with Crippen molar-refractivity contribution in [1.82, 2.24) is 25.1 Å². The molecule has 4 fully saturated rings. The lowest BCUT2D eigenvalue weighted by Gasteiger charge is -2.25. The monoisotopic (exact) mass is 637 g/mol. The van der Waals surface area contributed by atoms with Crippen LogP contribution in [0.2, 0.25) is 0 Å². The second-order valence-corrected chi connectivity index (χ2v) is 13.1. The van der Waals surface area contributed by atoms with Crippen LogP contribution in [0.4, 0.5) is 0 Å². The molecule has 6 aliphatic heterocycles. The Labute approximate surface area is 253 Å². The van der Waals surface area contributed by atoms with Gasteiger partial charge in [0.1, 0.15) is 0 Å². The Morgan fingerprint density at radius 3 is 1.43 bits per heavy atom. The number of carbonyl (C=O) groups is 4. The summed E-state index contributed by atoms with van der Waals surface area (Å²) in [4.78, 5) is 70.4. The molecule has 0 aromatic carbocycles. The molecule has 0 radical (unpaired) electrons. The molecule has 0 aromatic heterocycles. The number of hydrogen-bond donors (Lipinski definition) is 3. The molecule has 0 aliphatic carbocycles. The predicted molar refractivity (Wildman–Crippen MR) is 147 cm³/mol. The van der Waals surface area contributed by atoms with E-state index in [1.807, 2.05) is 31.2 Å². The topological polar surface area (TPSA) is 199 Å². The van der Waals surface area contributed by atoms with Gasteiger partial charge in [-0.3, -0.25) is 33.5 Å². The molecule has 8 atom stereocenters. The molecule has 4 bridgehead atoms. The molecule has 44 heavy (non-hydrogen) atoms. The molecule has 6 heterocycles. The van der Waals surface area contributed by atoms with E-state index >= 15 is 0 Å². The molecule has 0 saturated carbocycles. The van der Waals surface area contributed by atoms with Gasteiger partial charge in [0.25, 0.3) is 7.59 Å². The average molecular weight is 638 g/mol. The van der Waals surface area contributed by atoms with Crippen LogP contribution in [0.25, 0.3) is 0 Å². The summed E-state index contributed by atoms with van der Waals surface area (Å²) >= 11 is 0. The third-order valence-electron chi connectivity index (χ3n) is 8.50. The van der Waals surface area contributed by atoms with Crippen LogP contribution in [0, 0.1) is 23.7 Å². The van der Waals surface area contributed by atoms with E-state index in [4.69, 9.17) is 28.5 Å². The van der Waals surface area contributed by atoms with Crippen molar-refractivity contribution in [3.63, 3.8) is 0 Å². The number of carbonyl (C=O) groups excluding carboxylic acids is 6. The van der Waals surface area contributed by atoms with Crippen LogP contribution in [0.3, 0.4) is 0 Å². The Balaban J connectivity index is 0.00000123. The summed E-state index contributed by atoms with van der Waals surface area (Å²) in [6.07, 6.45) is 6.08. The Morgan fingerprint density at radius 2 is 1.05 bits per heavy atom. The highest BCUT2D eigenvalue weighted by molar-refractivity contribution is 7.57. The molecule has 16 nitrogen and oxygen atoms in total. The summed E-state index contributed by atoms with van der Waals surface area (Å²) in [5.74, 6) is -3.11. The Hall–Kier alpha value is -2.91. The maximum atomic E-state index is 13.8. The highest BCUT2D eigenvalue weighted by atomic mass is 31.2. The Bertz CT molecular complexity index is 1150. The maximum absolute atomic E-state index is 13.8. The number of ether oxygens (including phenoxy) is 4. The summed E-state index contributed by atoms with van der Waals surface area (Å²) in [5.41, 5.74) is 0. The number of likely N-dealkylation sites (tertiary alicyclic amines) is 2. The van der Waals surface area contributed by atoms with Crippen LogP contribution < -0.4 is 15.3 Å². The van der Waals surface area contributed by atoms with Crippen molar-refractivity contribution in [2.45, 2.75) is 31.3 Å². The van der Waals surface area contributed by atoms with Gasteiger partial charge in [0.2, 0.25) is 23.6 Å². The Kier molecular flexibility index (Phi) is 10.4. The molecule has 0 spiro atoms. The zero-order valence-corrected chi connectivity index (χ0v) is 25.0. The summed E-state index contributed by atoms with van der Waals surface area (Å²) in [6, 6.07) is 0. The smallest absolute Gasteiger partial charge is 0.373 e. The second kappa shape index (κ2) is 14.0. The molecular weight excluding hydrogens is 601 g/mol. The van der Waals surface area contributed by atoms with Gasteiger partial charge in [0, 0.05) is 39.3 Å².